The zero-order valence-corrected chi connectivity index (χ0v) is 17.2. The number of rotatable bonds is 8. The topological polar surface area (TPSA) is 76.8 Å². The van der Waals surface area contributed by atoms with E-state index in [0.29, 0.717) is 11.3 Å². The average Bonchev–Trinajstić information content (AvgIpc) is 3.21. The van der Waals surface area contributed by atoms with Gasteiger partial charge in [0.15, 0.2) is 0 Å². The van der Waals surface area contributed by atoms with Crippen LogP contribution >= 0.6 is 0 Å². The summed E-state index contributed by atoms with van der Waals surface area (Å²) in [6.07, 6.45) is 1.56. The smallest absolute Gasteiger partial charge is 0.308 e. The Morgan fingerprint density at radius 1 is 1.03 bits per heavy atom. The molecule has 152 valence electrons. The van der Waals surface area contributed by atoms with Crippen molar-refractivity contribution < 1.29 is 21.8 Å². The number of carbonyl (C=O) groups is 1. The van der Waals surface area contributed by atoms with Gasteiger partial charge in [0.25, 0.3) is 5.91 Å². The van der Waals surface area contributed by atoms with Crippen molar-refractivity contribution in [2.45, 2.75) is 26.9 Å². The molecule has 0 radical (unpaired) electrons. The van der Waals surface area contributed by atoms with E-state index in [4.69, 9.17) is 8.60 Å². The zero-order chi connectivity index (χ0) is 20.9. The minimum atomic E-state index is -3.62. The third-order valence-electron chi connectivity index (χ3n) is 4.36. The molecule has 0 N–H and O–H groups in total. The summed E-state index contributed by atoms with van der Waals surface area (Å²) in [7, 11) is -3.62. The van der Waals surface area contributed by atoms with Crippen molar-refractivity contribution in [2.75, 3.05) is 5.75 Å². The molecule has 0 spiro atoms. The Hall–Kier alpha value is -3.06. The molecule has 1 heterocycles. The highest BCUT2D eigenvalue weighted by molar-refractivity contribution is 7.87. The van der Waals surface area contributed by atoms with Crippen molar-refractivity contribution in [3.8, 4) is 5.75 Å². The Morgan fingerprint density at radius 2 is 1.79 bits per heavy atom. The summed E-state index contributed by atoms with van der Waals surface area (Å²) >= 11 is 0. The molecular formula is C22H23NO5S. The SMILES string of the molecule is CCS(=O)(=O)Oc1cccc(CN(Cc2ccco2)C(=O)c2ccc(C)cc2)c1. The number of amides is 1. The van der Waals surface area contributed by atoms with E-state index in [9.17, 15) is 13.2 Å². The molecule has 7 heteroatoms. The van der Waals surface area contributed by atoms with E-state index in [-0.39, 0.29) is 30.5 Å². The van der Waals surface area contributed by atoms with E-state index in [1.54, 1.807) is 47.6 Å². The van der Waals surface area contributed by atoms with Crippen LogP contribution in [-0.4, -0.2) is 25.0 Å². The van der Waals surface area contributed by atoms with E-state index in [0.717, 1.165) is 11.1 Å². The van der Waals surface area contributed by atoms with E-state index >= 15 is 0 Å². The van der Waals surface area contributed by atoms with Crippen molar-refractivity contribution in [3.05, 3.63) is 89.4 Å². The van der Waals surface area contributed by atoms with Gasteiger partial charge in [0.05, 0.1) is 18.6 Å². The Kier molecular flexibility index (Phi) is 6.39. The molecular weight excluding hydrogens is 390 g/mol. The van der Waals surface area contributed by atoms with Crippen LogP contribution in [0.15, 0.2) is 71.3 Å². The highest BCUT2D eigenvalue weighted by Gasteiger charge is 2.18. The predicted octanol–water partition coefficient (Wildman–Crippen LogP) is 4.16. The number of carbonyl (C=O) groups excluding carboxylic acids is 1. The summed E-state index contributed by atoms with van der Waals surface area (Å²) in [5.41, 5.74) is 2.39. The van der Waals surface area contributed by atoms with Gasteiger partial charge >= 0.3 is 10.1 Å². The van der Waals surface area contributed by atoms with E-state index in [1.165, 1.54) is 6.92 Å². The molecule has 1 aromatic heterocycles. The first-order valence-corrected chi connectivity index (χ1v) is 10.8. The molecule has 0 bridgehead atoms. The van der Waals surface area contributed by atoms with Crippen LogP contribution in [0.5, 0.6) is 5.75 Å². The third kappa shape index (κ3) is 5.71. The number of furan rings is 1. The second-order valence-corrected chi connectivity index (χ2v) is 8.54. The molecule has 2 aromatic carbocycles. The van der Waals surface area contributed by atoms with E-state index in [1.807, 2.05) is 31.2 Å². The molecule has 0 aliphatic heterocycles. The van der Waals surface area contributed by atoms with Crippen LogP contribution in [0.1, 0.15) is 34.2 Å². The molecule has 6 nitrogen and oxygen atoms in total. The molecule has 3 rings (SSSR count). The lowest BCUT2D eigenvalue weighted by molar-refractivity contribution is 0.0717. The molecule has 3 aromatic rings. The van der Waals surface area contributed by atoms with Crippen LogP contribution in [0.3, 0.4) is 0 Å². The molecule has 0 aliphatic carbocycles. The molecule has 0 fully saturated rings. The van der Waals surface area contributed by atoms with Gasteiger partial charge in [-0.2, -0.15) is 8.42 Å². The van der Waals surface area contributed by atoms with Crippen molar-refractivity contribution in [1.29, 1.82) is 0 Å². The second-order valence-electron chi connectivity index (χ2n) is 6.68. The molecule has 29 heavy (non-hydrogen) atoms. The van der Waals surface area contributed by atoms with Gasteiger partial charge in [-0.15, -0.1) is 0 Å². The van der Waals surface area contributed by atoms with Crippen LogP contribution in [0.2, 0.25) is 0 Å². The number of hydrogen-bond acceptors (Lipinski definition) is 5. The summed E-state index contributed by atoms with van der Waals surface area (Å²) in [4.78, 5) is 14.8. The maximum Gasteiger partial charge on any atom is 0.308 e. The van der Waals surface area contributed by atoms with Gasteiger partial charge in [0.1, 0.15) is 11.5 Å². The fraction of sp³-hybridized carbons (Fsp3) is 0.227. The van der Waals surface area contributed by atoms with Gasteiger partial charge < -0.3 is 13.5 Å². The average molecular weight is 413 g/mol. The number of hydrogen-bond donors (Lipinski definition) is 0. The molecule has 0 saturated carbocycles. The van der Waals surface area contributed by atoms with Gasteiger partial charge in [-0.1, -0.05) is 29.8 Å². The van der Waals surface area contributed by atoms with Crippen molar-refractivity contribution in [1.82, 2.24) is 4.90 Å². The monoisotopic (exact) mass is 413 g/mol. The standard InChI is InChI=1S/C22H23NO5S/c1-3-29(25,26)28-20-7-4-6-18(14-20)15-23(16-21-8-5-13-27-21)22(24)19-11-9-17(2)10-12-19/h4-14H,3,15-16H2,1-2H3. The summed E-state index contributed by atoms with van der Waals surface area (Å²) in [5, 5.41) is 0. The van der Waals surface area contributed by atoms with Gasteiger partial charge in [0.2, 0.25) is 0 Å². The van der Waals surface area contributed by atoms with Crippen molar-refractivity contribution >= 4 is 16.0 Å². The van der Waals surface area contributed by atoms with Crippen LogP contribution in [-0.2, 0) is 23.2 Å². The minimum absolute atomic E-state index is 0.117. The maximum atomic E-state index is 13.1. The van der Waals surface area contributed by atoms with Gasteiger partial charge in [-0.05, 0) is 55.8 Å². The Bertz CT molecular complexity index is 1060. The quantitative estimate of drug-likeness (QED) is 0.518. The fourth-order valence-corrected chi connectivity index (χ4v) is 3.31. The minimum Gasteiger partial charge on any atom is -0.467 e. The highest BCUT2D eigenvalue weighted by Crippen LogP contribution is 2.20. The normalized spacial score (nSPS) is 11.2. The Labute approximate surface area is 170 Å². The van der Waals surface area contributed by atoms with E-state index in [2.05, 4.69) is 0 Å². The van der Waals surface area contributed by atoms with E-state index < -0.39 is 10.1 Å². The molecule has 0 saturated heterocycles. The first-order valence-electron chi connectivity index (χ1n) is 9.26. The van der Waals surface area contributed by atoms with Crippen LogP contribution < -0.4 is 4.18 Å². The second kappa shape index (κ2) is 8.96. The van der Waals surface area contributed by atoms with Gasteiger partial charge in [-0.25, -0.2) is 0 Å². The molecule has 0 atom stereocenters. The predicted molar refractivity (Wildman–Crippen MR) is 110 cm³/mol. The van der Waals surface area contributed by atoms with Crippen molar-refractivity contribution in [2.24, 2.45) is 0 Å². The Morgan fingerprint density at radius 3 is 2.45 bits per heavy atom. The first-order chi connectivity index (χ1) is 13.9. The molecule has 1 amide bonds. The highest BCUT2D eigenvalue weighted by atomic mass is 32.2. The zero-order valence-electron chi connectivity index (χ0n) is 16.4. The lowest BCUT2D eigenvalue weighted by Crippen LogP contribution is -2.30. The van der Waals surface area contributed by atoms with Crippen LogP contribution in [0.25, 0.3) is 0 Å². The summed E-state index contributed by atoms with van der Waals surface area (Å²) in [6, 6.07) is 17.7. The maximum absolute atomic E-state index is 13.1. The fourth-order valence-electron chi connectivity index (χ4n) is 2.79. The lowest BCUT2D eigenvalue weighted by Gasteiger charge is -2.22. The molecule has 0 unspecified atom stereocenters. The summed E-state index contributed by atoms with van der Waals surface area (Å²) in [6.45, 7) is 4.05. The lowest BCUT2D eigenvalue weighted by atomic mass is 10.1. The number of benzene rings is 2. The Balaban J connectivity index is 1.85. The van der Waals surface area contributed by atoms with Crippen LogP contribution in [0, 0.1) is 6.92 Å². The third-order valence-corrected chi connectivity index (χ3v) is 5.51. The number of nitrogens with zero attached hydrogens (tertiary/aromatic N) is 1. The number of aryl methyl sites for hydroxylation is 1. The molecule has 0 aliphatic rings. The summed E-state index contributed by atoms with van der Waals surface area (Å²) in [5.74, 6) is 0.624. The van der Waals surface area contributed by atoms with Gasteiger partial charge in [-0.3, -0.25) is 4.79 Å². The van der Waals surface area contributed by atoms with Gasteiger partial charge in [0, 0.05) is 12.1 Å². The van der Waals surface area contributed by atoms with Crippen molar-refractivity contribution in [3.63, 3.8) is 0 Å². The van der Waals surface area contributed by atoms with Crippen LogP contribution in [0.4, 0.5) is 0 Å². The summed E-state index contributed by atoms with van der Waals surface area (Å²) < 4.78 is 34.0. The largest absolute Gasteiger partial charge is 0.467 e. The first kappa shape index (κ1) is 20.7.